The molecule has 0 aromatic carbocycles. The smallest absolute Gasteiger partial charge is 0.354 e. The standard InChI is InChI=1S/C9H9N3O2S.C9H9NO2S/c1-2-14-9(13)8(11-12-10)5-7-3-4-15-6-7;1-2-12-9(11)7-5-6-3-4-13-8(6)10-7/h3-6H,2H2,1H3;3-5,10H,2H2,1H3/b8-5-;. The highest BCUT2D eigenvalue weighted by atomic mass is 32.1. The summed E-state index contributed by atoms with van der Waals surface area (Å²) < 4.78 is 9.60. The maximum Gasteiger partial charge on any atom is 0.354 e. The second-order valence-electron chi connectivity index (χ2n) is 5.10. The molecule has 0 fully saturated rings. The second-order valence-corrected chi connectivity index (χ2v) is 6.80. The summed E-state index contributed by atoms with van der Waals surface area (Å²) >= 11 is 3.07. The van der Waals surface area contributed by atoms with Crippen LogP contribution in [0.3, 0.4) is 0 Å². The summed E-state index contributed by atoms with van der Waals surface area (Å²) in [4.78, 5) is 29.2. The largest absolute Gasteiger partial charge is 0.462 e. The third-order valence-corrected chi connectivity index (χ3v) is 4.77. The summed E-state index contributed by atoms with van der Waals surface area (Å²) in [6.45, 7) is 4.14. The molecule has 3 aromatic heterocycles. The third kappa shape index (κ3) is 5.98. The van der Waals surface area contributed by atoms with E-state index in [0.717, 1.165) is 15.8 Å². The number of thiophene rings is 2. The number of aromatic nitrogens is 1. The quantitative estimate of drug-likeness (QED) is 0.190. The van der Waals surface area contributed by atoms with Gasteiger partial charge in [0.25, 0.3) is 0 Å². The third-order valence-electron chi connectivity index (χ3n) is 3.22. The number of carbonyl (C=O) groups is 2. The minimum Gasteiger partial charge on any atom is -0.462 e. The molecule has 8 nitrogen and oxygen atoms in total. The molecule has 1 N–H and O–H groups in total. The lowest BCUT2D eigenvalue weighted by Gasteiger charge is -1.99. The van der Waals surface area contributed by atoms with Crippen molar-refractivity contribution in [1.29, 1.82) is 0 Å². The van der Waals surface area contributed by atoms with E-state index in [1.165, 1.54) is 17.4 Å². The molecule has 0 bridgehead atoms. The van der Waals surface area contributed by atoms with Gasteiger partial charge in [0, 0.05) is 10.3 Å². The molecule has 28 heavy (non-hydrogen) atoms. The zero-order chi connectivity index (χ0) is 20.4. The molecule has 0 aliphatic heterocycles. The number of nitrogens with one attached hydrogen (secondary N) is 1. The number of rotatable bonds is 6. The molecule has 0 saturated carbocycles. The summed E-state index contributed by atoms with van der Waals surface area (Å²) in [7, 11) is 0. The van der Waals surface area contributed by atoms with Crippen LogP contribution in [0, 0.1) is 0 Å². The molecule has 0 aliphatic rings. The van der Waals surface area contributed by atoms with Crippen LogP contribution in [0.4, 0.5) is 0 Å². The average Bonchev–Trinajstić information content (AvgIpc) is 3.40. The minimum atomic E-state index is -0.610. The van der Waals surface area contributed by atoms with E-state index in [2.05, 4.69) is 15.0 Å². The van der Waals surface area contributed by atoms with E-state index in [0.29, 0.717) is 12.3 Å². The van der Waals surface area contributed by atoms with Gasteiger partial charge in [-0.3, -0.25) is 0 Å². The van der Waals surface area contributed by atoms with E-state index in [9.17, 15) is 9.59 Å². The number of fused-ring (bicyclic) bond motifs is 1. The molecular weight excluding hydrogens is 400 g/mol. The van der Waals surface area contributed by atoms with Crippen LogP contribution in [0.15, 0.2) is 45.2 Å². The Morgan fingerprint density at radius 2 is 2.04 bits per heavy atom. The first kappa shape index (κ1) is 21.2. The Morgan fingerprint density at radius 3 is 2.64 bits per heavy atom. The van der Waals surface area contributed by atoms with Gasteiger partial charge in [-0.1, -0.05) is 5.11 Å². The van der Waals surface area contributed by atoms with Crippen molar-refractivity contribution >= 4 is 50.9 Å². The van der Waals surface area contributed by atoms with E-state index in [-0.39, 0.29) is 18.3 Å². The van der Waals surface area contributed by atoms with Gasteiger partial charge in [0.15, 0.2) is 0 Å². The van der Waals surface area contributed by atoms with Crippen molar-refractivity contribution in [3.05, 3.63) is 61.7 Å². The van der Waals surface area contributed by atoms with Gasteiger partial charge >= 0.3 is 11.9 Å². The topological polar surface area (TPSA) is 117 Å². The number of aromatic amines is 1. The van der Waals surface area contributed by atoms with Crippen LogP contribution < -0.4 is 0 Å². The highest BCUT2D eigenvalue weighted by molar-refractivity contribution is 7.16. The molecule has 3 rings (SSSR count). The first-order valence-corrected chi connectivity index (χ1v) is 10.1. The number of esters is 2. The average molecular weight is 419 g/mol. The van der Waals surface area contributed by atoms with Gasteiger partial charge in [0.1, 0.15) is 16.2 Å². The second kappa shape index (κ2) is 10.9. The zero-order valence-electron chi connectivity index (χ0n) is 15.2. The van der Waals surface area contributed by atoms with Gasteiger partial charge < -0.3 is 14.5 Å². The van der Waals surface area contributed by atoms with Crippen molar-refractivity contribution < 1.29 is 19.1 Å². The normalized spacial score (nSPS) is 10.6. The fraction of sp³-hybridized carbons (Fsp3) is 0.222. The molecule has 3 aromatic rings. The molecule has 0 spiro atoms. The first-order chi connectivity index (χ1) is 13.6. The Bertz CT molecular complexity index is 970. The number of H-pyrrole nitrogens is 1. The zero-order valence-corrected chi connectivity index (χ0v) is 16.9. The fourth-order valence-electron chi connectivity index (χ4n) is 2.06. The molecule has 3 heterocycles. The predicted octanol–water partition coefficient (Wildman–Crippen LogP) is 5.37. The number of azide groups is 1. The van der Waals surface area contributed by atoms with Gasteiger partial charge in [-0.05, 0) is 65.4 Å². The van der Waals surface area contributed by atoms with E-state index in [1.54, 1.807) is 25.2 Å². The van der Waals surface area contributed by atoms with Gasteiger partial charge in [-0.2, -0.15) is 11.3 Å². The lowest BCUT2D eigenvalue weighted by molar-refractivity contribution is -0.138. The number of hydrogen-bond acceptors (Lipinski definition) is 7. The number of hydrogen-bond donors (Lipinski definition) is 1. The number of ether oxygens (including phenoxy) is 2. The van der Waals surface area contributed by atoms with E-state index in [1.807, 2.05) is 34.3 Å². The fourth-order valence-corrected chi connectivity index (χ4v) is 3.46. The van der Waals surface area contributed by atoms with Crippen molar-refractivity contribution in [3.63, 3.8) is 0 Å². The van der Waals surface area contributed by atoms with Crippen LogP contribution in [-0.2, 0) is 14.3 Å². The first-order valence-electron chi connectivity index (χ1n) is 8.28. The highest BCUT2D eigenvalue weighted by Gasteiger charge is 2.10. The highest BCUT2D eigenvalue weighted by Crippen LogP contribution is 2.21. The monoisotopic (exact) mass is 418 g/mol. The Hall–Kier alpha value is -3.07. The van der Waals surface area contributed by atoms with Crippen LogP contribution in [0.2, 0.25) is 0 Å². The van der Waals surface area contributed by atoms with Gasteiger partial charge in [-0.25, -0.2) is 9.59 Å². The Morgan fingerprint density at radius 1 is 1.25 bits per heavy atom. The molecule has 0 saturated heterocycles. The summed E-state index contributed by atoms with van der Waals surface area (Å²) in [5, 5.41) is 10.0. The maximum atomic E-state index is 11.3. The van der Waals surface area contributed by atoms with Gasteiger partial charge in [0.05, 0.1) is 13.2 Å². The van der Waals surface area contributed by atoms with Crippen LogP contribution >= 0.6 is 22.7 Å². The summed E-state index contributed by atoms with van der Waals surface area (Å²) in [5.41, 5.74) is 9.61. The van der Waals surface area contributed by atoms with Crippen LogP contribution in [0.5, 0.6) is 0 Å². The van der Waals surface area contributed by atoms with Crippen molar-refractivity contribution in [2.75, 3.05) is 13.2 Å². The molecule has 146 valence electrons. The Balaban J connectivity index is 0.000000202. The summed E-state index contributed by atoms with van der Waals surface area (Å²) in [5.74, 6) is -0.896. The van der Waals surface area contributed by atoms with Crippen molar-refractivity contribution in [1.82, 2.24) is 4.98 Å². The predicted molar refractivity (Wildman–Crippen MR) is 110 cm³/mol. The van der Waals surface area contributed by atoms with E-state index in [4.69, 9.17) is 15.0 Å². The van der Waals surface area contributed by atoms with Crippen LogP contribution in [0.25, 0.3) is 26.7 Å². The van der Waals surface area contributed by atoms with Crippen molar-refractivity contribution in [2.24, 2.45) is 5.11 Å². The summed E-state index contributed by atoms with van der Waals surface area (Å²) in [6.07, 6.45) is 1.49. The molecule has 10 heteroatoms. The van der Waals surface area contributed by atoms with Gasteiger partial charge in [0.2, 0.25) is 0 Å². The molecule has 0 atom stereocenters. The molecule has 0 amide bonds. The molecule has 0 unspecified atom stereocenters. The lowest BCUT2D eigenvalue weighted by atomic mass is 10.3. The van der Waals surface area contributed by atoms with Gasteiger partial charge in [-0.15, -0.1) is 11.3 Å². The maximum absolute atomic E-state index is 11.3. The number of carbonyl (C=O) groups excluding carboxylic acids is 2. The lowest BCUT2D eigenvalue weighted by Crippen LogP contribution is -2.05. The molecular formula is C18H18N4O4S2. The minimum absolute atomic E-state index is 0.0299. The van der Waals surface area contributed by atoms with Crippen LogP contribution in [0.1, 0.15) is 29.9 Å². The van der Waals surface area contributed by atoms with Crippen LogP contribution in [-0.4, -0.2) is 30.1 Å². The SMILES string of the molecule is CCOC(=O)/C(=C/c1ccsc1)N=[N+]=[N-].CCOC(=O)c1cc2ccsc2[nH]1. The Labute approximate surface area is 169 Å². The van der Waals surface area contributed by atoms with E-state index >= 15 is 0 Å². The Kier molecular flexibility index (Phi) is 8.29. The van der Waals surface area contributed by atoms with Crippen molar-refractivity contribution in [2.45, 2.75) is 13.8 Å². The van der Waals surface area contributed by atoms with Crippen molar-refractivity contribution in [3.8, 4) is 0 Å². The molecule has 0 radical (unpaired) electrons. The molecule has 0 aliphatic carbocycles. The summed E-state index contributed by atoms with van der Waals surface area (Å²) in [6, 6.07) is 5.60. The number of nitrogens with zero attached hydrogens (tertiary/aromatic N) is 3. The van der Waals surface area contributed by atoms with E-state index < -0.39 is 5.97 Å².